The summed E-state index contributed by atoms with van der Waals surface area (Å²) in [5.41, 5.74) is 0. The molecule has 134 valence electrons. The molecule has 0 radical (unpaired) electrons. The van der Waals surface area contributed by atoms with E-state index in [2.05, 4.69) is 5.32 Å². The molecule has 2 rings (SSSR count). The first-order chi connectivity index (χ1) is 12.1. The second-order valence-electron chi connectivity index (χ2n) is 5.16. The highest BCUT2D eigenvalue weighted by Crippen LogP contribution is 2.18. The molecule has 1 aromatic carbocycles. The molecule has 1 heterocycles. The van der Waals surface area contributed by atoms with Crippen molar-refractivity contribution in [2.24, 2.45) is 0 Å². The highest BCUT2D eigenvalue weighted by molar-refractivity contribution is 7.10. The molecule has 0 saturated heterocycles. The summed E-state index contributed by atoms with van der Waals surface area (Å²) >= 11 is 1.56. The van der Waals surface area contributed by atoms with Gasteiger partial charge in [0.2, 0.25) is 0 Å². The number of nitrogens with one attached hydrogen (secondary N) is 1. The predicted octanol–water partition coefficient (Wildman–Crippen LogP) is 2.95. The van der Waals surface area contributed by atoms with E-state index in [0.717, 1.165) is 10.6 Å². The standard InChI is InChI=1S/C18H21NO5S/c1-3-22-14-6-8-15(9-7-14)23-12-18(21)24-11-17(20)19-13(2)16-5-4-10-25-16/h4-10,13H,3,11-12H2,1-2H3,(H,19,20)/t13-/m1/s1. The Balaban J connectivity index is 1.67. The fourth-order valence-electron chi connectivity index (χ4n) is 2.02. The third-order valence-corrected chi connectivity index (χ3v) is 4.26. The number of ether oxygens (including phenoxy) is 3. The van der Waals surface area contributed by atoms with Gasteiger partial charge in [-0.15, -0.1) is 11.3 Å². The molecule has 0 spiro atoms. The van der Waals surface area contributed by atoms with Gasteiger partial charge in [0.25, 0.3) is 5.91 Å². The Kier molecular flexibility index (Phi) is 7.28. The van der Waals surface area contributed by atoms with Crippen molar-refractivity contribution in [2.45, 2.75) is 19.9 Å². The number of carbonyl (C=O) groups excluding carboxylic acids is 2. The Morgan fingerprint density at radius 3 is 2.36 bits per heavy atom. The second-order valence-corrected chi connectivity index (χ2v) is 6.14. The van der Waals surface area contributed by atoms with Gasteiger partial charge in [-0.1, -0.05) is 6.07 Å². The maximum absolute atomic E-state index is 11.8. The number of amides is 1. The van der Waals surface area contributed by atoms with Crippen molar-refractivity contribution in [3.63, 3.8) is 0 Å². The molecule has 0 aliphatic rings. The Morgan fingerprint density at radius 2 is 1.76 bits per heavy atom. The molecule has 0 fully saturated rings. The van der Waals surface area contributed by atoms with Crippen molar-refractivity contribution in [2.75, 3.05) is 19.8 Å². The lowest BCUT2D eigenvalue weighted by molar-refractivity contribution is -0.150. The minimum atomic E-state index is -0.604. The van der Waals surface area contributed by atoms with E-state index in [1.807, 2.05) is 31.4 Å². The topological polar surface area (TPSA) is 73.9 Å². The average molecular weight is 363 g/mol. The zero-order chi connectivity index (χ0) is 18.1. The summed E-state index contributed by atoms with van der Waals surface area (Å²) in [6.45, 7) is 3.76. The van der Waals surface area contributed by atoms with Crippen LogP contribution in [0, 0.1) is 0 Å². The van der Waals surface area contributed by atoms with Crippen LogP contribution in [0.5, 0.6) is 11.5 Å². The van der Waals surface area contributed by atoms with Crippen LogP contribution in [0.2, 0.25) is 0 Å². The number of benzene rings is 1. The Labute approximate surface area is 150 Å². The van der Waals surface area contributed by atoms with Crippen LogP contribution in [0.25, 0.3) is 0 Å². The summed E-state index contributed by atoms with van der Waals surface area (Å²) < 4.78 is 15.5. The van der Waals surface area contributed by atoms with Crippen LogP contribution in [0.15, 0.2) is 41.8 Å². The van der Waals surface area contributed by atoms with Crippen molar-refractivity contribution in [1.82, 2.24) is 5.32 Å². The minimum absolute atomic E-state index is 0.119. The lowest BCUT2D eigenvalue weighted by Gasteiger charge is -2.12. The molecule has 6 nitrogen and oxygen atoms in total. The SMILES string of the molecule is CCOc1ccc(OCC(=O)OCC(=O)N[C@H](C)c2cccs2)cc1. The zero-order valence-electron chi connectivity index (χ0n) is 14.2. The zero-order valence-corrected chi connectivity index (χ0v) is 15.0. The van der Waals surface area contributed by atoms with Gasteiger partial charge < -0.3 is 19.5 Å². The van der Waals surface area contributed by atoms with Crippen molar-refractivity contribution >= 4 is 23.2 Å². The van der Waals surface area contributed by atoms with Gasteiger partial charge in [0.1, 0.15) is 11.5 Å². The molecule has 0 aliphatic carbocycles. The Bertz CT molecular complexity index is 669. The van der Waals surface area contributed by atoms with Gasteiger partial charge in [-0.2, -0.15) is 0 Å². The molecule has 0 unspecified atom stereocenters. The van der Waals surface area contributed by atoms with Crippen LogP contribution < -0.4 is 14.8 Å². The molecule has 25 heavy (non-hydrogen) atoms. The van der Waals surface area contributed by atoms with Gasteiger partial charge in [0, 0.05) is 4.88 Å². The van der Waals surface area contributed by atoms with Gasteiger partial charge in [0.05, 0.1) is 12.6 Å². The molecule has 2 aromatic rings. The highest BCUT2D eigenvalue weighted by atomic mass is 32.1. The van der Waals surface area contributed by atoms with Crippen LogP contribution >= 0.6 is 11.3 Å². The molecule has 0 bridgehead atoms. The van der Waals surface area contributed by atoms with Crippen LogP contribution in [0.3, 0.4) is 0 Å². The van der Waals surface area contributed by atoms with E-state index in [-0.39, 0.29) is 25.2 Å². The van der Waals surface area contributed by atoms with E-state index >= 15 is 0 Å². The number of thiophene rings is 1. The summed E-state index contributed by atoms with van der Waals surface area (Å²) in [5.74, 6) is 0.299. The Hall–Kier alpha value is -2.54. The quantitative estimate of drug-likeness (QED) is 0.694. The van der Waals surface area contributed by atoms with E-state index in [1.54, 1.807) is 35.6 Å². The number of rotatable bonds is 9. The van der Waals surface area contributed by atoms with Crippen LogP contribution in [0.4, 0.5) is 0 Å². The molecule has 1 N–H and O–H groups in total. The summed E-state index contributed by atoms with van der Waals surface area (Å²) in [6, 6.07) is 10.6. The number of carbonyl (C=O) groups is 2. The molecule has 1 aromatic heterocycles. The number of hydrogen-bond acceptors (Lipinski definition) is 6. The van der Waals surface area contributed by atoms with E-state index in [9.17, 15) is 9.59 Å². The van der Waals surface area contributed by atoms with E-state index < -0.39 is 5.97 Å². The van der Waals surface area contributed by atoms with Gasteiger partial charge in [-0.25, -0.2) is 4.79 Å². The van der Waals surface area contributed by atoms with E-state index in [4.69, 9.17) is 14.2 Å². The summed E-state index contributed by atoms with van der Waals surface area (Å²) in [7, 11) is 0. The predicted molar refractivity (Wildman–Crippen MR) is 94.9 cm³/mol. The smallest absolute Gasteiger partial charge is 0.344 e. The van der Waals surface area contributed by atoms with Crippen LogP contribution in [0.1, 0.15) is 24.8 Å². The molecule has 1 amide bonds. The largest absolute Gasteiger partial charge is 0.494 e. The number of hydrogen-bond donors (Lipinski definition) is 1. The third kappa shape index (κ3) is 6.46. The lowest BCUT2D eigenvalue weighted by Crippen LogP contribution is -2.31. The summed E-state index contributed by atoms with van der Waals surface area (Å²) in [5, 5.41) is 4.71. The molecule has 1 atom stereocenters. The second kappa shape index (κ2) is 9.68. The highest BCUT2D eigenvalue weighted by Gasteiger charge is 2.13. The van der Waals surface area contributed by atoms with Crippen molar-refractivity contribution in [3.05, 3.63) is 46.7 Å². The average Bonchev–Trinajstić information content (AvgIpc) is 3.14. The molecular weight excluding hydrogens is 342 g/mol. The molecule has 7 heteroatoms. The molecule has 0 saturated carbocycles. The Morgan fingerprint density at radius 1 is 1.08 bits per heavy atom. The van der Waals surface area contributed by atoms with Gasteiger partial charge >= 0.3 is 5.97 Å². The maximum Gasteiger partial charge on any atom is 0.344 e. The monoisotopic (exact) mass is 363 g/mol. The fourth-order valence-corrected chi connectivity index (χ4v) is 2.76. The number of esters is 1. The van der Waals surface area contributed by atoms with Crippen molar-refractivity contribution < 1.29 is 23.8 Å². The third-order valence-electron chi connectivity index (χ3n) is 3.20. The van der Waals surface area contributed by atoms with Gasteiger partial charge in [-0.3, -0.25) is 4.79 Å². The first kappa shape index (κ1) is 18.8. The normalized spacial score (nSPS) is 11.4. The lowest BCUT2D eigenvalue weighted by atomic mass is 10.3. The van der Waals surface area contributed by atoms with Crippen molar-refractivity contribution in [3.8, 4) is 11.5 Å². The van der Waals surface area contributed by atoms with Crippen molar-refractivity contribution in [1.29, 1.82) is 0 Å². The first-order valence-electron chi connectivity index (χ1n) is 7.92. The summed E-state index contributed by atoms with van der Waals surface area (Å²) in [6.07, 6.45) is 0. The maximum atomic E-state index is 11.8. The van der Waals surface area contributed by atoms with Gasteiger partial charge in [-0.05, 0) is 49.6 Å². The first-order valence-corrected chi connectivity index (χ1v) is 8.80. The summed E-state index contributed by atoms with van der Waals surface area (Å²) in [4.78, 5) is 24.5. The van der Waals surface area contributed by atoms with Crippen LogP contribution in [-0.2, 0) is 14.3 Å². The minimum Gasteiger partial charge on any atom is -0.494 e. The van der Waals surface area contributed by atoms with Gasteiger partial charge in [0.15, 0.2) is 13.2 Å². The van der Waals surface area contributed by atoms with E-state index in [0.29, 0.717) is 12.4 Å². The van der Waals surface area contributed by atoms with Crippen LogP contribution in [-0.4, -0.2) is 31.7 Å². The van der Waals surface area contributed by atoms with E-state index in [1.165, 1.54) is 0 Å². The fraction of sp³-hybridized carbons (Fsp3) is 0.333. The molecular formula is C18H21NO5S. The molecule has 0 aliphatic heterocycles.